The van der Waals surface area contributed by atoms with Crippen molar-refractivity contribution in [1.82, 2.24) is 14.8 Å². The maximum absolute atomic E-state index is 12.4. The summed E-state index contributed by atoms with van der Waals surface area (Å²) in [7, 11) is 0. The van der Waals surface area contributed by atoms with E-state index in [2.05, 4.69) is 15.4 Å². The lowest BCUT2D eigenvalue weighted by atomic mass is 10.2. The summed E-state index contributed by atoms with van der Waals surface area (Å²) >= 11 is 0. The third-order valence-electron chi connectivity index (χ3n) is 4.25. The Morgan fingerprint density at radius 1 is 1.10 bits per heavy atom. The second-order valence-electron chi connectivity index (χ2n) is 6.28. The number of anilines is 1. The summed E-state index contributed by atoms with van der Waals surface area (Å²) in [6.45, 7) is 2.45. The Hall–Kier alpha value is -3.88. The molecule has 9 nitrogen and oxygen atoms in total. The molecular weight excluding hydrogens is 376 g/mol. The van der Waals surface area contributed by atoms with Gasteiger partial charge in [-0.15, -0.1) is 0 Å². The van der Waals surface area contributed by atoms with Crippen molar-refractivity contribution in [2.75, 3.05) is 18.5 Å². The zero-order valence-corrected chi connectivity index (χ0v) is 15.6. The molecule has 1 amide bonds. The molecular formula is C20H18N4O5. The van der Waals surface area contributed by atoms with Gasteiger partial charge in [0, 0.05) is 11.8 Å². The van der Waals surface area contributed by atoms with E-state index in [-0.39, 0.29) is 0 Å². The van der Waals surface area contributed by atoms with E-state index < -0.39 is 18.0 Å². The van der Waals surface area contributed by atoms with Gasteiger partial charge in [-0.05, 0) is 43.3 Å². The molecule has 0 bridgehead atoms. The second kappa shape index (κ2) is 8.01. The normalized spacial score (nSPS) is 13.4. The molecule has 1 aliphatic rings. The first-order chi connectivity index (χ1) is 14.1. The average Bonchev–Trinajstić information content (AvgIpc) is 3.28. The van der Waals surface area contributed by atoms with E-state index in [1.807, 2.05) is 0 Å². The molecule has 0 saturated heterocycles. The van der Waals surface area contributed by atoms with Gasteiger partial charge in [0.25, 0.3) is 5.91 Å². The molecule has 4 rings (SSSR count). The summed E-state index contributed by atoms with van der Waals surface area (Å²) in [6, 6.07) is 11.7. The molecule has 2 aromatic carbocycles. The number of benzene rings is 2. The van der Waals surface area contributed by atoms with Crippen molar-refractivity contribution in [3.8, 4) is 17.2 Å². The number of carbonyl (C=O) groups is 2. The van der Waals surface area contributed by atoms with E-state index in [4.69, 9.17) is 14.2 Å². The highest BCUT2D eigenvalue weighted by atomic mass is 16.6. The number of carbonyl (C=O) groups excluding carboxylic acids is 2. The van der Waals surface area contributed by atoms with Crippen LogP contribution in [-0.2, 0) is 9.53 Å². The quantitative estimate of drug-likeness (QED) is 0.662. The number of hydrogen-bond donors (Lipinski definition) is 1. The molecule has 0 unspecified atom stereocenters. The van der Waals surface area contributed by atoms with Crippen LogP contribution in [0.5, 0.6) is 11.5 Å². The third kappa shape index (κ3) is 4.18. The van der Waals surface area contributed by atoms with Crippen LogP contribution in [0.15, 0.2) is 55.1 Å². The van der Waals surface area contributed by atoms with Crippen LogP contribution in [0.4, 0.5) is 5.69 Å². The van der Waals surface area contributed by atoms with E-state index >= 15 is 0 Å². The summed E-state index contributed by atoms with van der Waals surface area (Å²) in [5.74, 6) is 0.142. The Balaban J connectivity index is 1.36. The van der Waals surface area contributed by atoms with Crippen LogP contribution in [0.25, 0.3) is 5.69 Å². The number of aromatic nitrogens is 3. The van der Waals surface area contributed by atoms with Gasteiger partial charge in [0.1, 0.15) is 25.9 Å². The van der Waals surface area contributed by atoms with Gasteiger partial charge >= 0.3 is 5.97 Å². The van der Waals surface area contributed by atoms with E-state index in [0.717, 1.165) is 5.69 Å². The van der Waals surface area contributed by atoms with Gasteiger partial charge < -0.3 is 19.5 Å². The van der Waals surface area contributed by atoms with E-state index in [9.17, 15) is 9.59 Å². The van der Waals surface area contributed by atoms with Gasteiger partial charge in [-0.1, -0.05) is 0 Å². The number of nitrogens with one attached hydrogen (secondary N) is 1. The smallest absolute Gasteiger partial charge is 0.338 e. The highest BCUT2D eigenvalue weighted by Gasteiger charge is 2.20. The molecule has 29 heavy (non-hydrogen) atoms. The van der Waals surface area contributed by atoms with Crippen LogP contribution in [0, 0.1) is 0 Å². The molecule has 0 aliphatic carbocycles. The minimum absolute atomic E-state index is 0.327. The Labute approximate surface area is 166 Å². The Morgan fingerprint density at radius 3 is 2.59 bits per heavy atom. The monoisotopic (exact) mass is 394 g/mol. The average molecular weight is 394 g/mol. The van der Waals surface area contributed by atoms with Gasteiger partial charge in [-0.3, -0.25) is 4.79 Å². The number of fused-ring (bicyclic) bond motifs is 1. The molecule has 1 aliphatic heterocycles. The molecule has 148 valence electrons. The zero-order valence-electron chi connectivity index (χ0n) is 15.6. The van der Waals surface area contributed by atoms with Gasteiger partial charge in [-0.25, -0.2) is 14.5 Å². The molecule has 9 heteroatoms. The van der Waals surface area contributed by atoms with Crippen molar-refractivity contribution in [3.63, 3.8) is 0 Å². The molecule has 2 heterocycles. The Kier molecular flexibility index (Phi) is 5.10. The summed E-state index contributed by atoms with van der Waals surface area (Å²) in [5, 5.41) is 6.73. The minimum Gasteiger partial charge on any atom is -0.486 e. The molecule has 1 aromatic heterocycles. The SMILES string of the molecule is C[C@H](OC(=O)c1ccc(-n2cncn2)cc1)C(=O)Nc1ccc2c(c1)OCCO2. The molecule has 0 radical (unpaired) electrons. The predicted molar refractivity (Wildman–Crippen MR) is 102 cm³/mol. The van der Waals surface area contributed by atoms with Gasteiger partial charge in [0.15, 0.2) is 17.6 Å². The standard InChI is InChI=1S/C20H18N4O5/c1-13(19(25)23-15-4-7-17-18(10-15)28-9-8-27-17)29-20(26)14-2-5-16(6-3-14)24-12-21-11-22-24/h2-7,10-13H,8-9H2,1H3,(H,23,25)/t13-/m0/s1. The molecule has 0 spiro atoms. The summed E-state index contributed by atoms with van der Waals surface area (Å²) in [4.78, 5) is 28.6. The highest BCUT2D eigenvalue weighted by molar-refractivity contribution is 5.97. The summed E-state index contributed by atoms with van der Waals surface area (Å²) < 4.78 is 17.8. The fraction of sp³-hybridized carbons (Fsp3) is 0.200. The van der Waals surface area contributed by atoms with Crippen molar-refractivity contribution in [3.05, 3.63) is 60.7 Å². The van der Waals surface area contributed by atoms with Crippen LogP contribution in [0.2, 0.25) is 0 Å². The summed E-state index contributed by atoms with van der Waals surface area (Å²) in [5.41, 5.74) is 1.61. The number of hydrogen-bond acceptors (Lipinski definition) is 7. The number of rotatable bonds is 5. The van der Waals surface area contributed by atoms with Gasteiger partial charge in [0.2, 0.25) is 0 Å². The van der Waals surface area contributed by atoms with Crippen LogP contribution >= 0.6 is 0 Å². The molecule has 0 saturated carbocycles. The Morgan fingerprint density at radius 2 is 1.86 bits per heavy atom. The Bertz CT molecular complexity index is 1020. The first-order valence-electron chi connectivity index (χ1n) is 8.97. The zero-order chi connectivity index (χ0) is 20.2. The second-order valence-corrected chi connectivity index (χ2v) is 6.28. The fourth-order valence-electron chi connectivity index (χ4n) is 2.74. The molecule has 1 atom stereocenters. The van der Waals surface area contributed by atoms with Crippen molar-refractivity contribution < 1.29 is 23.8 Å². The van der Waals surface area contributed by atoms with Crippen LogP contribution in [0.3, 0.4) is 0 Å². The van der Waals surface area contributed by atoms with Crippen LogP contribution in [0.1, 0.15) is 17.3 Å². The first-order valence-corrected chi connectivity index (χ1v) is 8.97. The lowest BCUT2D eigenvalue weighted by molar-refractivity contribution is -0.123. The highest BCUT2D eigenvalue weighted by Crippen LogP contribution is 2.32. The van der Waals surface area contributed by atoms with Crippen molar-refractivity contribution in [2.45, 2.75) is 13.0 Å². The number of amides is 1. The van der Waals surface area contributed by atoms with Crippen molar-refractivity contribution in [2.24, 2.45) is 0 Å². The predicted octanol–water partition coefficient (Wildman–Crippen LogP) is 2.22. The molecule has 3 aromatic rings. The first kappa shape index (κ1) is 18.5. The topological polar surface area (TPSA) is 105 Å². The maximum Gasteiger partial charge on any atom is 0.338 e. The molecule has 0 fully saturated rings. The molecule has 1 N–H and O–H groups in total. The lowest BCUT2D eigenvalue weighted by Gasteiger charge is -2.19. The van der Waals surface area contributed by atoms with E-state index in [1.165, 1.54) is 13.3 Å². The lowest BCUT2D eigenvalue weighted by Crippen LogP contribution is -2.30. The van der Waals surface area contributed by atoms with Gasteiger partial charge in [-0.2, -0.15) is 5.10 Å². The summed E-state index contributed by atoms with van der Waals surface area (Å²) in [6.07, 6.45) is 1.99. The number of nitrogens with zero attached hydrogens (tertiary/aromatic N) is 3. The number of ether oxygens (including phenoxy) is 3. The fourth-order valence-corrected chi connectivity index (χ4v) is 2.74. The van der Waals surface area contributed by atoms with Crippen LogP contribution in [-0.4, -0.2) is 46.0 Å². The maximum atomic E-state index is 12.4. The van der Waals surface area contributed by atoms with Crippen molar-refractivity contribution in [1.29, 1.82) is 0 Å². The van der Waals surface area contributed by atoms with E-state index in [0.29, 0.717) is 36.0 Å². The largest absolute Gasteiger partial charge is 0.486 e. The third-order valence-corrected chi connectivity index (χ3v) is 4.25. The minimum atomic E-state index is -0.981. The van der Waals surface area contributed by atoms with Crippen molar-refractivity contribution >= 4 is 17.6 Å². The van der Waals surface area contributed by atoms with Gasteiger partial charge in [0.05, 0.1) is 11.3 Å². The number of esters is 1. The van der Waals surface area contributed by atoms with Crippen LogP contribution < -0.4 is 14.8 Å². The van der Waals surface area contributed by atoms with E-state index in [1.54, 1.807) is 53.5 Å².